The molecular weight excluding hydrogens is 406 g/mol. The van der Waals surface area contributed by atoms with Crippen LogP contribution >= 0.6 is 15.9 Å². The van der Waals surface area contributed by atoms with Crippen molar-refractivity contribution >= 4 is 27.5 Å². The number of benzene rings is 3. The highest BCUT2D eigenvalue weighted by Gasteiger charge is 2.12. The van der Waals surface area contributed by atoms with Gasteiger partial charge >= 0.3 is 0 Å². The molecule has 1 amide bonds. The molecule has 5 heteroatoms. The van der Waals surface area contributed by atoms with Gasteiger partial charge in [-0.15, -0.1) is 0 Å². The Hall–Kier alpha value is -2.79. The quantitative estimate of drug-likeness (QED) is 0.559. The van der Waals surface area contributed by atoms with E-state index in [1.54, 1.807) is 25.3 Å². The summed E-state index contributed by atoms with van der Waals surface area (Å²) in [5.74, 6) is 0.907. The molecule has 0 heterocycles. The maximum atomic E-state index is 12.5. The van der Waals surface area contributed by atoms with Crippen molar-refractivity contribution in [2.24, 2.45) is 0 Å². The molecule has 0 atom stereocenters. The van der Waals surface area contributed by atoms with E-state index in [1.165, 1.54) is 5.56 Å². The second-order valence-electron chi connectivity index (χ2n) is 6.10. The van der Waals surface area contributed by atoms with Crippen molar-refractivity contribution in [3.8, 4) is 11.5 Å². The lowest BCUT2D eigenvalue weighted by molar-refractivity contribution is 0.102. The Bertz CT molecular complexity index is 921. The van der Waals surface area contributed by atoms with Crippen LogP contribution in [0.4, 0.5) is 5.69 Å². The number of ether oxygens (including phenoxy) is 2. The van der Waals surface area contributed by atoms with Crippen molar-refractivity contribution < 1.29 is 14.3 Å². The molecule has 0 unspecified atom stereocenters. The molecule has 0 saturated carbocycles. The predicted molar refractivity (Wildman–Crippen MR) is 111 cm³/mol. The van der Waals surface area contributed by atoms with Gasteiger partial charge in [0.2, 0.25) is 0 Å². The molecule has 0 saturated heterocycles. The summed E-state index contributed by atoms with van der Waals surface area (Å²) in [6.45, 7) is 2.48. The smallest absolute Gasteiger partial charge is 0.255 e. The third-order valence-electron chi connectivity index (χ3n) is 4.04. The summed E-state index contributed by atoms with van der Waals surface area (Å²) in [4.78, 5) is 12.5. The van der Waals surface area contributed by atoms with Gasteiger partial charge < -0.3 is 14.8 Å². The fourth-order valence-corrected chi connectivity index (χ4v) is 2.77. The Labute approximate surface area is 167 Å². The lowest BCUT2D eigenvalue weighted by atomic mass is 10.1. The Kier molecular flexibility index (Phi) is 6.14. The maximum Gasteiger partial charge on any atom is 0.255 e. The third kappa shape index (κ3) is 5.11. The third-order valence-corrected chi connectivity index (χ3v) is 4.57. The van der Waals surface area contributed by atoms with Crippen LogP contribution in [-0.2, 0) is 6.61 Å². The van der Waals surface area contributed by atoms with E-state index in [9.17, 15) is 4.79 Å². The molecule has 0 bridgehead atoms. The number of hydrogen-bond acceptors (Lipinski definition) is 3. The predicted octanol–water partition coefficient (Wildman–Crippen LogP) is 5.60. The highest BCUT2D eigenvalue weighted by atomic mass is 79.9. The topological polar surface area (TPSA) is 47.6 Å². The minimum atomic E-state index is -0.208. The molecule has 0 fully saturated rings. The van der Waals surface area contributed by atoms with Crippen LogP contribution in [0.1, 0.15) is 21.5 Å². The molecule has 1 N–H and O–H groups in total. The van der Waals surface area contributed by atoms with Crippen molar-refractivity contribution in [3.05, 3.63) is 87.9 Å². The number of carbonyl (C=O) groups is 1. The van der Waals surface area contributed by atoms with E-state index in [2.05, 4.69) is 21.2 Å². The summed E-state index contributed by atoms with van der Waals surface area (Å²) in [6, 6.07) is 20.7. The summed E-state index contributed by atoms with van der Waals surface area (Å²) < 4.78 is 12.2. The fourth-order valence-electron chi connectivity index (χ4n) is 2.51. The van der Waals surface area contributed by atoms with Crippen LogP contribution in [0.3, 0.4) is 0 Å². The van der Waals surface area contributed by atoms with E-state index in [1.807, 2.05) is 55.5 Å². The number of halogens is 1. The van der Waals surface area contributed by atoms with Crippen molar-refractivity contribution in [1.82, 2.24) is 0 Å². The molecule has 138 valence electrons. The number of amides is 1. The summed E-state index contributed by atoms with van der Waals surface area (Å²) >= 11 is 3.38. The molecule has 0 aliphatic carbocycles. The van der Waals surface area contributed by atoms with Crippen LogP contribution in [0, 0.1) is 6.92 Å². The van der Waals surface area contributed by atoms with Gasteiger partial charge in [-0.05, 0) is 55.0 Å². The van der Waals surface area contributed by atoms with Gasteiger partial charge in [0.1, 0.15) is 6.61 Å². The number of aryl methyl sites for hydroxylation is 1. The van der Waals surface area contributed by atoms with Crippen LogP contribution in [0.25, 0.3) is 0 Å². The monoisotopic (exact) mass is 425 g/mol. The molecule has 3 aromatic carbocycles. The highest BCUT2D eigenvalue weighted by molar-refractivity contribution is 9.10. The van der Waals surface area contributed by atoms with E-state index in [0.717, 1.165) is 15.7 Å². The second-order valence-corrected chi connectivity index (χ2v) is 7.02. The zero-order chi connectivity index (χ0) is 19.2. The van der Waals surface area contributed by atoms with E-state index < -0.39 is 0 Å². The van der Waals surface area contributed by atoms with Crippen molar-refractivity contribution in [1.29, 1.82) is 0 Å². The molecule has 27 heavy (non-hydrogen) atoms. The zero-order valence-electron chi connectivity index (χ0n) is 15.2. The van der Waals surface area contributed by atoms with Gasteiger partial charge in [-0.2, -0.15) is 0 Å². The summed E-state index contributed by atoms with van der Waals surface area (Å²) in [6.07, 6.45) is 0. The number of anilines is 1. The van der Waals surface area contributed by atoms with E-state index in [4.69, 9.17) is 9.47 Å². The number of hydrogen-bond donors (Lipinski definition) is 1. The lowest BCUT2D eigenvalue weighted by Crippen LogP contribution is -2.12. The first-order valence-electron chi connectivity index (χ1n) is 8.48. The number of carbonyl (C=O) groups excluding carboxylic acids is 1. The first-order chi connectivity index (χ1) is 13.0. The van der Waals surface area contributed by atoms with E-state index in [-0.39, 0.29) is 5.91 Å². The summed E-state index contributed by atoms with van der Waals surface area (Å²) in [7, 11) is 1.56. The van der Waals surface area contributed by atoms with E-state index >= 15 is 0 Å². The summed E-state index contributed by atoms with van der Waals surface area (Å²) in [5, 5.41) is 2.86. The minimum Gasteiger partial charge on any atom is -0.493 e. The molecule has 3 rings (SSSR count). The molecular formula is C22H20BrNO3. The van der Waals surface area contributed by atoms with Crippen molar-refractivity contribution in [3.63, 3.8) is 0 Å². The fraction of sp³-hybridized carbons (Fsp3) is 0.136. The Balaban J connectivity index is 1.70. The summed E-state index contributed by atoms with van der Waals surface area (Å²) in [5.41, 5.74) is 3.50. The average Bonchev–Trinajstić information content (AvgIpc) is 2.69. The van der Waals surface area contributed by atoms with Gasteiger partial charge in [0.05, 0.1) is 7.11 Å². The van der Waals surface area contributed by atoms with Gasteiger partial charge in [-0.3, -0.25) is 4.79 Å². The maximum absolute atomic E-state index is 12.5. The number of methoxy groups -OCH3 is 1. The SMILES string of the molecule is COc1cc(C(=O)Nc2ccc(Br)cc2)ccc1OCc1ccc(C)cc1. The van der Waals surface area contributed by atoms with Crippen LogP contribution in [0.5, 0.6) is 11.5 Å². The Morgan fingerprint density at radius 3 is 2.33 bits per heavy atom. The molecule has 0 spiro atoms. The minimum absolute atomic E-state index is 0.208. The van der Waals surface area contributed by atoms with Crippen LogP contribution in [0.2, 0.25) is 0 Å². The first kappa shape index (κ1) is 19.0. The highest BCUT2D eigenvalue weighted by Crippen LogP contribution is 2.29. The van der Waals surface area contributed by atoms with Gasteiger partial charge in [0.25, 0.3) is 5.91 Å². The molecule has 0 aliphatic rings. The van der Waals surface area contributed by atoms with E-state index in [0.29, 0.717) is 23.7 Å². The molecule has 0 aromatic heterocycles. The second kappa shape index (κ2) is 8.73. The van der Waals surface area contributed by atoms with Gasteiger partial charge in [0, 0.05) is 15.7 Å². The first-order valence-corrected chi connectivity index (χ1v) is 9.28. The van der Waals surface area contributed by atoms with Crippen LogP contribution < -0.4 is 14.8 Å². The average molecular weight is 426 g/mol. The zero-order valence-corrected chi connectivity index (χ0v) is 16.7. The number of nitrogens with one attached hydrogen (secondary N) is 1. The standard InChI is InChI=1S/C22H20BrNO3/c1-15-3-5-16(6-4-15)14-27-20-12-7-17(13-21(20)26-2)22(25)24-19-10-8-18(23)9-11-19/h3-13H,14H2,1-2H3,(H,24,25). The molecule has 0 aliphatic heterocycles. The Morgan fingerprint density at radius 2 is 1.67 bits per heavy atom. The van der Waals surface area contributed by atoms with Crippen molar-refractivity contribution in [2.75, 3.05) is 12.4 Å². The Morgan fingerprint density at radius 1 is 0.963 bits per heavy atom. The van der Waals surface area contributed by atoms with Gasteiger partial charge in [-0.1, -0.05) is 45.8 Å². The number of rotatable bonds is 6. The lowest BCUT2D eigenvalue weighted by Gasteiger charge is -2.13. The van der Waals surface area contributed by atoms with Gasteiger partial charge in [-0.25, -0.2) is 0 Å². The molecule has 4 nitrogen and oxygen atoms in total. The van der Waals surface area contributed by atoms with Crippen LogP contribution in [0.15, 0.2) is 71.2 Å². The van der Waals surface area contributed by atoms with Crippen molar-refractivity contribution in [2.45, 2.75) is 13.5 Å². The largest absolute Gasteiger partial charge is 0.493 e. The normalized spacial score (nSPS) is 10.3. The molecule has 3 aromatic rings. The molecule has 0 radical (unpaired) electrons. The van der Waals surface area contributed by atoms with Crippen LogP contribution in [-0.4, -0.2) is 13.0 Å². The van der Waals surface area contributed by atoms with Gasteiger partial charge in [0.15, 0.2) is 11.5 Å².